The molecule has 19 heavy (non-hydrogen) atoms. The Balaban J connectivity index is 2.34. The van der Waals surface area contributed by atoms with E-state index in [1.807, 2.05) is 0 Å². The van der Waals surface area contributed by atoms with Crippen molar-refractivity contribution in [2.45, 2.75) is 4.90 Å². The van der Waals surface area contributed by atoms with Gasteiger partial charge in [0, 0.05) is 12.3 Å². The van der Waals surface area contributed by atoms with Gasteiger partial charge < -0.3 is 4.74 Å². The van der Waals surface area contributed by atoms with Crippen molar-refractivity contribution in [2.75, 3.05) is 11.8 Å². The number of nitrogens with one attached hydrogen (secondary N) is 1. The van der Waals surface area contributed by atoms with Gasteiger partial charge in [0.1, 0.15) is 15.8 Å². The van der Waals surface area contributed by atoms with E-state index in [1.165, 1.54) is 25.4 Å². The van der Waals surface area contributed by atoms with Crippen LogP contribution in [0.4, 0.5) is 5.69 Å². The zero-order valence-electron chi connectivity index (χ0n) is 10.00. The van der Waals surface area contributed by atoms with Crippen molar-refractivity contribution in [2.24, 2.45) is 0 Å². The lowest BCUT2D eigenvalue weighted by molar-refractivity contribution is 0.415. The summed E-state index contributed by atoms with van der Waals surface area (Å²) in [7, 11) is -2.26. The first kappa shape index (κ1) is 13.6. The molecular weight excluding hydrogens is 288 g/mol. The Hall–Kier alpha value is -1.79. The van der Waals surface area contributed by atoms with Crippen molar-refractivity contribution in [1.82, 2.24) is 4.98 Å². The fourth-order valence-electron chi connectivity index (χ4n) is 1.47. The predicted molar refractivity (Wildman–Crippen MR) is 73.0 cm³/mol. The number of sulfonamides is 1. The van der Waals surface area contributed by atoms with E-state index in [0.29, 0.717) is 11.4 Å². The standard InChI is InChI=1S/C12H11ClN2O3S/c1-18-10-5-2-4-9(8-10)15-19(16,17)11-6-3-7-14-12(11)13/h2-8,15H,1H3. The Morgan fingerprint density at radius 3 is 2.74 bits per heavy atom. The molecule has 0 amide bonds. The Bertz CT molecular complexity index is 689. The zero-order valence-corrected chi connectivity index (χ0v) is 11.6. The number of hydrogen-bond acceptors (Lipinski definition) is 4. The first-order valence-electron chi connectivity index (χ1n) is 5.30. The molecule has 7 heteroatoms. The lowest BCUT2D eigenvalue weighted by atomic mass is 10.3. The van der Waals surface area contributed by atoms with Gasteiger partial charge in [-0.05, 0) is 24.3 Å². The summed E-state index contributed by atoms with van der Waals surface area (Å²) < 4.78 is 31.7. The molecular formula is C12H11ClN2O3S. The second kappa shape index (κ2) is 5.46. The summed E-state index contributed by atoms with van der Waals surface area (Å²) in [5.74, 6) is 0.553. The summed E-state index contributed by atoms with van der Waals surface area (Å²) in [4.78, 5) is 3.67. The molecule has 0 aliphatic rings. The van der Waals surface area contributed by atoms with Gasteiger partial charge in [0.05, 0.1) is 12.8 Å². The van der Waals surface area contributed by atoms with E-state index in [4.69, 9.17) is 16.3 Å². The van der Waals surface area contributed by atoms with Crippen LogP contribution in [0.5, 0.6) is 5.75 Å². The van der Waals surface area contributed by atoms with Gasteiger partial charge >= 0.3 is 0 Å². The van der Waals surface area contributed by atoms with Gasteiger partial charge in [0.25, 0.3) is 10.0 Å². The molecule has 0 saturated heterocycles. The fourth-order valence-corrected chi connectivity index (χ4v) is 2.97. The van der Waals surface area contributed by atoms with Crippen LogP contribution in [0.3, 0.4) is 0 Å². The maximum Gasteiger partial charge on any atom is 0.264 e. The number of benzene rings is 1. The quantitative estimate of drug-likeness (QED) is 0.881. The van der Waals surface area contributed by atoms with E-state index in [0.717, 1.165) is 0 Å². The molecule has 0 aliphatic heterocycles. The molecule has 0 fully saturated rings. The third-order valence-corrected chi connectivity index (χ3v) is 4.16. The fraction of sp³-hybridized carbons (Fsp3) is 0.0833. The molecule has 2 rings (SSSR count). The van der Waals surface area contributed by atoms with Crippen molar-refractivity contribution in [1.29, 1.82) is 0 Å². The zero-order chi connectivity index (χ0) is 13.9. The number of nitrogens with zero attached hydrogens (tertiary/aromatic N) is 1. The second-order valence-corrected chi connectivity index (χ2v) is 5.64. The Labute approximate surface area is 116 Å². The minimum absolute atomic E-state index is 0.0699. The minimum Gasteiger partial charge on any atom is -0.497 e. The highest BCUT2D eigenvalue weighted by molar-refractivity contribution is 7.92. The van der Waals surface area contributed by atoms with E-state index < -0.39 is 10.0 Å². The molecule has 1 heterocycles. The first-order valence-corrected chi connectivity index (χ1v) is 7.16. The highest BCUT2D eigenvalue weighted by atomic mass is 35.5. The van der Waals surface area contributed by atoms with Crippen LogP contribution in [-0.4, -0.2) is 20.5 Å². The van der Waals surface area contributed by atoms with Gasteiger partial charge in [0.15, 0.2) is 0 Å². The third kappa shape index (κ3) is 3.15. The van der Waals surface area contributed by atoms with Crippen molar-refractivity contribution >= 4 is 27.3 Å². The van der Waals surface area contributed by atoms with Crippen LogP contribution < -0.4 is 9.46 Å². The summed E-state index contributed by atoms with van der Waals surface area (Å²) >= 11 is 5.78. The number of rotatable bonds is 4. The molecule has 0 unspecified atom stereocenters. The first-order chi connectivity index (χ1) is 9.03. The predicted octanol–water partition coefficient (Wildman–Crippen LogP) is 2.54. The number of aromatic nitrogens is 1. The lowest BCUT2D eigenvalue weighted by Crippen LogP contribution is -2.13. The maximum atomic E-state index is 12.1. The number of methoxy groups -OCH3 is 1. The summed E-state index contributed by atoms with van der Waals surface area (Å²) in [5.41, 5.74) is 0.388. The topological polar surface area (TPSA) is 68.3 Å². The molecule has 5 nitrogen and oxygen atoms in total. The minimum atomic E-state index is -3.77. The van der Waals surface area contributed by atoms with Gasteiger partial charge in [-0.3, -0.25) is 4.72 Å². The molecule has 0 spiro atoms. The molecule has 0 aliphatic carbocycles. The number of ether oxygens (including phenoxy) is 1. The number of hydrogen-bond donors (Lipinski definition) is 1. The highest BCUT2D eigenvalue weighted by Gasteiger charge is 2.18. The van der Waals surface area contributed by atoms with E-state index in [1.54, 1.807) is 24.3 Å². The van der Waals surface area contributed by atoms with Crippen LogP contribution in [0, 0.1) is 0 Å². The molecule has 1 N–H and O–H groups in total. The number of halogens is 1. The van der Waals surface area contributed by atoms with Crippen LogP contribution in [-0.2, 0) is 10.0 Å². The Morgan fingerprint density at radius 2 is 2.05 bits per heavy atom. The van der Waals surface area contributed by atoms with Gasteiger partial charge in [-0.2, -0.15) is 0 Å². The normalized spacial score (nSPS) is 11.1. The molecule has 0 radical (unpaired) electrons. The summed E-state index contributed by atoms with van der Waals surface area (Å²) in [6.45, 7) is 0. The molecule has 2 aromatic rings. The van der Waals surface area contributed by atoms with Crippen LogP contribution in [0.1, 0.15) is 0 Å². The SMILES string of the molecule is COc1cccc(NS(=O)(=O)c2cccnc2Cl)c1. The molecule has 1 aromatic carbocycles. The highest BCUT2D eigenvalue weighted by Crippen LogP contribution is 2.23. The van der Waals surface area contributed by atoms with Gasteiger partial charge in [-0.15, -0.1) is 0 Å². The number of pyridine rings is 1. The Kier molecular flexibility index (Phi) is 3.92. The van der Waals surface area contributed by atoms with Crippen LogP contribution in [0.25, 0.3) is 0 Å². The largest absolute Gasteiger partial charge is 0.497 e. The molecule has 0 saturated carbocycles. The van der Waals surface area contributed by atoms with Crippen LogP contribution >= 0.6 is 11.6 Å². The van der Waals surface area contributed by atoms with E-state index in [9.17, 15) is 8.42 Å². The lowest BCUT2D eigenvalue weighted by Gasteiger charge is -2.09. The van der Waals surface area contributed by atoms with Crippen LogP contribution in [0.2, 0.25) is 5.15 Å². The molecule has 1 aromatic heterocycles. The van der Waals surface area contributed by atoms with Gasteiger partial charge in [0.2, 0.25) is 0 Å². The van der Waals surface area contributed by atoms with Crippen molar-refractivity contribution in [3.63, 3.8) is 0 Å². The summed E-state index contributed by atoms with van der Waals surface area (Å²) in [6, 6.07) is 9.48. The molecule has 0 bridgehead atoms. The Morgan fingerprint density at radius 1 is 1.26 bits per heavy atom. The van der Waals surface area contributed by atoms with E-state index in [-0.39, 0.29) is 10.0 Å². The van der Waals surface area contributed by atoms with E-state index in [2.05, 4.69) is 9.71 Å². The monoisotopic (exact) mass is 298 g/mol. The third-order valence-electron chi connectivity index (χ3n) is 2.34. The number of anilines is 1. The smallest absolute Gasteiger partial charge is 0.264 e. The average Bonchev–Trinajstić information content (AvgIpc) is 2.38. The van der Waals surface area contributed by atoms with Crippen LogP contribution in [0.15, 0.2) is 47.5 Å². The van der Waals surface area contributed by atoms with Gasteiger partial charge in [-0.1, -0.05) is 17.7 Å². The molecule has 100 valence electrons. The molecule has 0 atom stereocenters. The summed E-state index contributed by atoms with van der Waals surface area (Å²) in [5, 5.41) is -0.0714. The van der Waals surface area contributed by atoms with Crippen molar-refractivity contribution < 1.29 is 13.2 Å². The van der Waals surface area contributed by atoms with Crippen molar-refractivity contribution in [3.8, 4) is 5.75 Å². The summed E-state index contributed by atoms with van der Waals surface area (Å²) in [6.07, 6.45) is 1.42. The van der Waals surface area contributed by atoms with Crippen molar-refractivity contribution in [3.05, 3.63) is 47.7 Å². The average molecular weight is 299 g/mol. The maximum absolute atomic E-state index is 12.1. The van der Waals surface area contributed by atoms with E-state index >= 15 is 0 Å². The van der Waals surface area contributed by atoms with Gasteiger partial charge in [-0.25, -0.2) is 13.4 Å². The second-order valence-electron chi connectivity index (χ2n) is 3.63.